The van der Waals surface area contributed by atoms with Gasteiger partial charge >= 0.3 is 6.16 Å². The molecule has 13 heavy (non-hydrogen) atoms. The van der Waals surface area contributed by atoms with Crippen LogP contribution < -0.4 is 0 Å². The third kappa shape index (κ3) is 6.21. The van der Waals surface area contributed by atoms with Gasteiger partial charge in [0.05, 0.1) is 0 Å². The lowest BCUT2D eigenvalue weighted by Crippen LogP contribution is -2.28. The smallest absolute Gasteiger partial charge is 0.424 e. The summed E-state index contributed by atoms with van der Waals surface area (Å²) in [6.45, 7) is 1.13. The standard InChI is InChI=1S/C7H12ClNO4/c1-5(8)13-7(11)12-4-6(10)9(2)3/h5H,4H2,1-3H3. The first-order valence-corrected chi connectivity index (χ1v) is 4.04. The number of ether oxygens (including phenoxy) is 2. The Balaban J connectivity index is 3.64. The van der Waals surface area contributed by atoms with Gasteiger partial charge in [0.25, 0.3) is 5.91 Å². The van der Waals surface area contributed by atoms with E-state index in [4.69, 9.17) is 11.6 Å². The molecule has 0 rings (SSSR count). The molecule has 0 heterocycles. The van der Waals surface area contributed by atoms with Crippen molar-refractivity contribution in [2.45, 2.75) is 12.5 Å². The molecule has 0 aromatic carbocycles. The van der Waals surface area contributed by atoms with Crippen molar-refractivity contribution in [2.24, 2.45) is 0 Å². The molecule has 0 fully saturated rings. The molecule has 1 unspecified atom stereocenters. The molecule has 0 N–H and O–H groups in total. The number of carbonyl (C=O) groups is 2. The Morgan fingerprint density at radius 3 is 2.38 bits per heavy atom. The Morgan fingerprint density at radius 2 is 2.00 bits per heavy atom. The third-order valence-corrected chi connectivity index (χ3v) is 1.16. The predicted molar refractivity (Wildman–Crippen MR) is 46.4 cm³/mol. The summed E-state index contributed by atoms with van der Waals surface area (Å²) in [6, 6.07) is 0. The number of nitrogens with zero attached hydrogens (tertiary/aromatic N) is 1. The highest BCUT2D eigenvalue weighted by Crippen LogP contribution is 1.98. The number of hydrogen-bond acceptors (Lipinski definition) is 4. The highest BCUT2D eigenvalue weighted by molar-refractivity contribution is 6.19. The second-order valence-corrected chi connectivity index (χ2v) is 3.10. The van der Waals surface area contributed by atoms with Crippen LogP contribution in [0.3, 0.4) is 0 Å². The van der Waals surface area contributed by atoms with Gasteiger partial charge in [-0.15, -0.1) is 0 Å². The minimum atomic E-state index is -0.947. The van der Waals surface area contributed by atoms with Crippen LogP contribution in [0.5, 0.6) is 0 Å². The van der Waals surface area contributed by atoms with E-state index >= 15 is 0 Å². The van der Waals surface area contributed by atoms with Crippen molar-refractivity contribution in [3.05, 3.63) is 0 Å². The van der Waals surface area contributed by atoms with E-state index in [9.17, 15) is 9.59 Å². The van der Waals surface area contributed by atoms with Crippen LogP contribution >= 0.6 is 11.6 Å². The second kappa shape index (κ2) is 5.64. The normalized spacial score (nSPS) is 11.7. The first-order chi connectivity index (χ1) is 5.93. The SMILES string of the molecule is CC(Cl)OC(=O)OCC(=O)N(C)C. The molecule has 1 atom stereocenters. The molecule has 76 valence electrons. The van der Waals surface area contributed by atoms with Crippen molar-refractivity contribution in [3.63, 3.8) is 0 Å². The van der Waals surface area contributed by atoms with Gasteiger partial charge in [0, 0.05) is 14.1 Å². The molecule has 0 aromatic rings. The number of halogens is 1. The summed E-state index contributed by atoms with van der Waals surface area (Å²) in [5.74, 6) is -0.320. The summed E-state index contributed by atoms with van der Waals surface area (Å²) in [5, 5.41) is 0. The summed E-state index contributed by atoms with van der Waals surface area (Å²) in [6.07, 6.45) is -0.947. The van der Waals surface area contributed by atoms with Gasteiger partial charge in [0.15, 0.2) is 12.2 Å². The number of rotatable bonds is 3. The molecule has 0 aromatic heterocycles. The molecule has 0 aliphatic rings. The summed E-state index contributed by atoms with van der Waals surface area (Å²) >= 11 is 5.33. The Hall–Kier alpha value is -0.970. The quantitative estimate of drug-likeness (QED) is 0.510. The van der Waals surface area contributed by atoms with Crippen LogP contribution in [0.25, 0.3) is 0 Å². The summed E-state index contributed by atoms with van der Waals surface area (Å²) in [5.41, 5.74) is -0.762. The summed E-state index contributed by atoms with van der Waals surface area (Å²) in [7, 11) is 3.11. The zero-order valence-electron chi connectivity index (χ0n) is 7.74. The average Bonchev–Trinajstić information content (AvgIpc) is 1.98. The minimum Gasteiger partial charge on any atom is -0.424 e. The molecule has 0 aliphatic carbocycles. The summed E-state index contributed by atoms with van der Waals surface area (Å²) in [4.78, 5) is 22.9. The highest BCUT2D eigenvalue weighted by atomic mass is 35.5. The van der Waals surface area contributed by atoms with Gasteiger partial charge in [-0.3, -0.25) is 4.79 Å². The number of hydrogen-bond donors (Lipinski definition) is 0. The fourth-order valence-corrected chi connectivity index (χ4v) is 0.489. The Morgan fingerprint density at radius 1 is 1.46 bits per heavy atom. The van der Waals surface area contributed by atoms with Gasteiger partial charge in [0.2, 0.25) is 0 Å². The van der Waals surface area contributed by atoms with Gasteiger partial charge in [0.1, 0.15) is 0 Å². The minimum absolute atomic E-state index is 0.320. The van der Waals surface area contributed by atoms with Crippen LogP contribution in [-0.4, -0.2) is 43.2 Å². The molecular formula is C7H12ClNO4. The van der Waals surface area contributed by atoms with E-state index in [-0.39, 0.29) is 12.5 Å². The summed E-state index contributed by atoms with van der Waals surface area (Å²) < 4.78 is 8.85. The van der Waals surface area contributed by atoms with Crippen molar-refractivity contribution in [2.75, 3.05) is 20.7 Å². The zero-order valence-corrected chi connectivity index (χ0v) is 8.50. The number of amides is 1. The third-order valence-electron chi connectivity index (χ3n) is 1.07. The topological polar surface area (TPSA) is 55.8 Å². The van der Waals surface area contributed by atoms with Crippen molar-refractivity contribution in [1.82, 2.24) is 4.90 Å². The van der Waals surface area contributed by atoms with Crippen LogP contribution in [0.1, 0.15) is 6.92 Å². The van der Waals surface area contributed by atoms with E-state index in [0.717, 1.165) is 0 Å². The molecule has 0 radical (unpaired) electrons. The maximum Gasteiger partial charge on any atom is 0.510 e. The zero-order chi connectivity index (χ0) is 10.4. The van der Waals surface area contributed by atoms with Gasteiger partial charge in [-0.2, -0.15) is 0 Å². The van der Waals surface area contributed by atoms with Crippen LogP contribution in [0.4, 0.5) is 4.79 Å². The molecule has 0 spiro atoms. The Bertz CT molecular complexity index is 193. The van der Waals surface area contributed by atoms with E-state index < -0.39 is 11.7 Å². The highest BCUT2D eigenvalue weighted by Gasteiger charge is 2.11. The fraction of sp³-hybridized carbons (Fsp3) is 0.714. The van der Waals surface area contributed by atoms with Crippen molar-refractivity contribution >= 4 is 23.7 Å². The average molecular weight is 210 g/mol. The monoisotopic (exact) mass is 209 g/mol. The molecule has 1 amide bonds. The van der Waals surface area contributed by atoms with E-state index in [1.165, 1.54) is 11.8 Å². The number of carbonyl (C=O) groups excluding carboxylic acids is 2. The first-order valence-electron chi connectivity index (χ1n) is 3.61. The Kier molecular flexibility index (Phi) is 5.22. The van der Waals surface area contributed by atoms with Crippen molar-refractivity contribution in [3.8, 4) is 0 Å². The van der Waals surface area contributed by atoms with Gasteiger partial charge in [-0.05, 0) is 6.92 Å². The first kappa shape index (κ1) is 12.0. The number of likely N-dealkylation sites (N-methyl/N-ethyl adjacent to an activating group) is 1. The largest absolute Gasteiger partial charge is 0.510 e. The lowest BCUT2D eigenvalue weighted by Gasteiger charge is -2.10. The van der Waals surface area contributed by atoms with Crippen molar-refractivity contribution < 1.29 is 19.1 Å². The lowest BCUT2D eigenvalue weighted by molar-refractivity contribution is -0.132. The van der Waals surface area contributed by atoms with Crippen LogP contribution in [0, 0.1) is 0 Å². The maximum atomic E-state index is 10.9. The molecule has 6 heteroatoms. The lowest BCUT2D eigenvalue weighted by atomic mass is 10.6. The van der Waals surface area contributed by atoms with Gasteiger partial charge in [-0.1, -0.05) is 11.6 Å². The number of alkyl halides is 1. The molecule has 0 bridgehead atoms. The van der Waals surface area contributed by atoms with E-state index in [2.05, 4.69) is 9.47 Å². The van der Waals surface area contributed by atoms with E-state index in [1.807, 2.05) is 0 Å². The molecule has 0 aliphatic heterocycles. The molecule has 0 saturated heterocycles. The van der Waals surface area contributed by atoms with Crippen molar-refractivity contribution in [1.29, 1.82) is 0 Å². The predicted octanol–water partition coefficient (Wildman–Crippen LogP) is 0.813. The van der Waals surface area contributed by atoms with Crippen LogP contribution in [0.2, 0.25) is 0 Å². The van der Waals surface area contributed by atoms with E-state index in [1.54, 1.807) is 14.1 Å². The molecule has 0 saturated carbocycles. The molecule has 5 nitrogen and oxygen atoms in total. The Labute approximate surface area is 81.5 Å². The maximum absolute atomic E-state index is 10.9. The fourth-order valence-electron chi connectivity index (χ4n) is 0.416. The second-order valence-electron chi connectivity index (χ2n) is 2.49. The molecular weight excluding hydrogens is 198 g/mol. The van der Waals surface area contributed by atoms with Gasteiger partial charge in [-0.25, -0.2) is 4.79 Å². The van der Waals surface area contributed by atoms with E-state index in [0.29, 0.717) is 0 Å². The van der Waals surface area contributed by atoms with Crippen LogP contribution in [0.15, 0.2) is 0 Å². The van der Waals surface area contributed by atoms with Gasteiger partial charge < -0.3 is 14.4 Å². The van der Waals surface area contributed by atoms with Crippen LogP contribution in [-0.2, 0) is 14.3 Å².